The summed E-state index contributed by atoms with van der Waals surface area (Å²) in [6.07, 6.45) is 65.2. The third kappa shape index (κ3) is 45.5. The highest BCUT2D eigenvalue weighted by Gasteiger charge is 2.47. The van der Waals surface area contributed by atoms with Crippen molar-refractivity contribution in [3.63, 3.8) is 0 Å². The molecule has 1 amide bonds. The van der Waals surface area contributed by atoms with Crippen molar-refractivity contribution in [1.29, 1.82) is 0 Å². The molecule has 0 aliphatic carbocycles. The number of unbranched alkanes of at least 4 members (excludes halogenated alkanes) is 34. The molecule has 1 fully saturated rings. The monoisotopic (exact) mass is 1150 g/mol. The molecule has 0 saturated carbocycles. The van der Waals surface area contributed by atoms with E-state index < -0.39 is 67.4 Å². The molecule has 0 radical (unpaired) electrons. The molecule has 8 unspecified atom stereocenters. The van der Waals surface area contributed by atoms with Gasteiger partial charge in [0.15, 0.2) is 12.4 Å². The maximum Gasteiger partial charge on any atom is 0.306 e. The number of nitrogens with one attached hydrogen (secondary N) is 1. The minimum atomic E-state index is -1.62. The Kier molecular flexibility index (Phi) is 55.0. The van der Waals surface area contributed by atoms with Crippen LogP contribution >= 0.6 is 0 Å². The number of amides is 1. The van der Waals surface area contributed by atoms with E-state index in [-0.39, 0.29) is 19.4 Å². The number of carbonyl (C=O) groups excluding carboxylic acids is 2. The van der Waals surface area contributed by atoms with Crippen LogP contribution in [0.15, 0.2) is 72.9 Å². The fourth-order valence-electron chi connectivity index (χ4n) is 10.5. The van der Waals surface area contributed by atoms with Gasteiger partial charge in [-0.15, -0.1) is 0 Å². The predicted octanol–water partition coefficient (Wildman–Crippen LogP) is 17.1. The Morgan fingerprint density at radius 1 is 0.488 bits per heavy atom. The predicted molar refractivity (Wildman–Crippen MR) is 343 cm³/mol. The first-order valence-corrected chi connectivity index (χ1v) is 34.2. The lowest BCUT2D eigenvalue weighted by atomic mass is 9.99. The van der Waals surface area contributed by atoms with Gasteiger partial charge in [-0.1, -0.05) is 299 Å². The molecule has 0 bridgehead atoms. The lowest BCUT2D eigenvalue weighted by molar-refractivity contribution is -0.305. The van der Waals surface area contributed by atoms with E-state index in [2.05, 4.69) is 86.8 Å². The summed E-state index contributed by atoms with van der Waals surface area (Å²) in [4.78, 5) is 26.6. The Labute approximate surface area is 502 Å². The highest BCUT2D eigenvalue weighted by atomic mass is 16.7. The molecule has 0 aromatic carbocycles. The van der Waals surface area contributed by atoms with Crippen molar-refractivity contribution in [2.75, 3.05) is 13.2 Å². The van der Waals surface area contributed by atoms with Gasteiger partial charge in [0.2, 0.25) is 5.91 Å². The van der Waals surface area contributed by atoms with Gasteiger partial charge in [0.25, 0.3) is 0 Å². The molecule has 1 heterocycles. The van der Waals surface area contributed by atoms with E-state index in [0.29, 0.717) is 12.8 Å². The van der Waals surface area contributed by atoms with E-state index in [1.807, 2.05) is 6.08 Å². The number of esters is 1. The maximum absolute atomic E-state index is 13.4. The normalized spacial score (nSPS) is 19.0. The first kappa shape index (κ1) is 77.1. The smallest absolute Gasteiger partial charge is 0.306 e. The molecule has 1 aliphatic heterocycles. The van der Waals surface area contributed by atoms with E-state index in [0.717, 1.165) is 83.5 Å². The highest BCUT2D eigenvalue weighted by molar-refractivity contribution is 5.80. The number of aliphatic hydroxyl groups excluding tert-OH is 5. The molecule has 6 N–H and O–H groups in total. The lowest BCUT2D eigenvalue weighted by Gasteiger charge is -2.41. The molecule has 11 heteroatoms. The van der Waals surface area contributed by atoms with Gasteiger partial charge in [0, 0.05) is 6.42 Å². The number of carbonyl (C=O) groups is 2. The zero-order valence-electron chi connectivity index (χ0n) is 52.9. The van der Waals surface area contributed by atoms with Crippen LogP contribution in [0.25, 0.3) is 0 Å². The zero-order valence-corrected chi connectivity index (χ0v) is 52.9. The average molecular weight is 1150 g/mol. The second kappa shape index (κ2) is 58.5. The van der Waals surface area contributed by atoms with Crippen molar-refractivity contribution in [3.05, 3.63) is 72.9 Å². The van der Waals surface area contributed by atoms with Crippen LogP contribution < -0.4 is 5.32 Å². The quantitative estimate of drug-likeness (QED) is 0.0195. The average Bonchev–Trinajstić information content (AvgIpc) is 3.68. The summed E-state index contributed by atoms with van der Waals surface area (Å²) in [6.45, 7) is 5.68. The summed E-state index contributed by atoms with van der Waals surface area (Å²) in [5.41, 5.74) is 0. The second-order valence-electron chi connectivity index (χ2n) is 23.5. The van der Waals surface area contributed by atoms with Gasteiger partial charge in [-0.2, -0.15) is 0 Å². The van der Waals surface area contributed by atoms with Crippen LogP contribution in [-0.4, -0.2) is 99.6 Å². The Bertz CT molecular complexity index is 1610. The molecule has 11 nitrogen and oxygen atoms in total. The molecule has 8 atom stereocenters. The molecule has 0 aromatic rings. The van der Waals surface area contributed by atoms with Crippen molar-refractivity contribution in [1.82, 2.24) is 5.32 Å². The van der Waals surface area contributed by atoms with E-state index >= 15 is 0 Å². The first-order chi connectivity index (χ1) is 40.2. The SMILES string of the molecule is CC/C=C\C/C=C\C/C=C\C/C=C\C/C=C\CCCCC(O)C(=O)NC(COC1OC(CO)C(O)C(O)C1OC(=O)CCCCCCCCCCCCCCCCCCCCCCCCC)C(O)/C=C/CCCCCCCCCCCC. The number of rotatable bonds is 58. The number of aliphatic hydroxyl groups is 5. The molecular weight excluding hydrogens is 1030 g/mol. The largest absolute Gasteiger partial charge is 0.454 e. The molecule has 1 aliphatic rings. The molecule has 82 heavy (non-hydrogen) atoms. The highest BCUT2D eigenvalue weighted by Crippen LogP contribution is 2.26. The van der Waals surface area contributed by atoms with Crippen LogP contribution in [0.5, 0.6) is 0 Å². The van der Waals surface area contributed by atoms with Crippen LogP contribution in [0.1, 0.15) is 303 Å². The number of hydrogen-bond donors (Lipinski definition) is 6. The Morgan fingerprint density at radius 3 is 1.32 bits per heavy atom. The van der Waals surface area contributed by atoms with Crippen LogP contribution in [0.2, 0.25) is 0 Å². The fourth-order valence-corrected chi connectivity index (χ4v) is 10.5. The van der Waals surface area contributed by atoms with E-state index in [4.69, 9.17) is 14.2 Å². The third-order valence-corrected chi connectivity index (χ3v) is 15.9. The molecule has 1 saturated heterocycles. The van der Waals surface area contributed by atoms with Crippen LogP contribution in [0, 0.1) is 0 Å². The topological polar surface area (TPSA) is 175 Å². The summed E-state index contributed by atoms with van der Waals surface area (Å²) in [6, 6.07) is -1.04. The van der Waals surface area contributed by atoms with Gasteiger partial charge in [-0.3, -0.25) is 9.59 Å². The van der Waals surface area contributed by atoms with Gasteiger partial charge >= 0.3 is 5.97 Å². The Hall–Kier alpha value is -2.90. The van der Waals surface area contributed by atoms with Crippen molar-refractivity contribution in [3.8, 4) is 0 Å². The summed E-state index contributed by atoms with van der Waals surface area (Å²) < 4.78 is 17.7. The first-order valence-electron chi connectivity index (χ1n) is 34.2. The van der Waals surface area contributed by atoms with Crippen molar-refractivity contribution in [2.24, 2.45) is 0 Å². The van der Waals surface area contributed by atoms with Crippen molar-refractivity contribution < 1.29 is 49.3 Å². The Balaban J connectivity index is 2.61. The maximum atomic E-state index is 13.4. The van der Waals surface area contributed by atoms with Crippen LogP contribution in [0.3, 0.4) is 0 Å². The fraction of sp³-hybridized carbons (Fsp3) is 0.803. The van der Waals surface area contributed by atoms with Gasteiger partial charge < -0.3 is 45.1 Å². The summed E-state index contributed by atoms with van der Waals surface area (Å²) in [5.74, 6) is -1.22. The summed E-state index contributed by atoms with van der Waals surface area (Å²) in [7, 11) is 0. The minimum Gasteiger partial charge on any atom is -0.454 e. The number of hydrogen-bond acceptors (Lipinski definition) is 10. The van der Waals surface area contributed by atoms with Gasteiger partial charge in [-0.25, -0.2) is 0 Å². The number of ether oxygens (including phenoxy) is 3. The van der Waals surface area contributed by atoms with Gasteiger partial charge in [-0.05, 0) is 70.6 Å². The van der Waals surface area contributed by atoms with E-state index in [1.54, 1.807) is 6.08 Å². The zero-order chi connectivity index (χ0) is 59.6. The molecule has 0 spiro atoms. The molecular formula is C71H127NO10. The van der Waals surface area contributed by atoms with E-state index in [1.165, 1.54) is 173 Å². The summed E-state index contributed by atoms with van der Waals surface area (Å²) >= 11 is 0. The molecule has 1 rings (SSSR count). The van der Waals surface area contributed by atoms with E-state index in [9.17, 15) is 35.1 Å². The minimum absolute atomic E-state index is 0.121. The van der Waals surface area contributed by atoms with Crippen LogP contribution in [-0.2, 0) is 23.8 Å². The Morgan fingerprint density at radius 2 is 0.878 bits per heavy atom. The van der Waals surface area contributed by atoms with Crippen LogP contribution in [0.4, 0.5) is 0 Å². The molecule has 0 aromatic heterocycles. The van der Waals surface area contributed by atoms with Crippen molar-refractivity contribution >= 4 is 11.9 Å². The number of allylic oxidation sites excluding steroid dienone is 11. The van der Waals surface area contributed by atoms with Gasteiger partial charge in [0.05, 0.1) is 25.4 Å². The summed E-state index contributed by atoms with van der Waals surface area (Å²) in [5, 5.41) is 57.1. The van der Waals surface area contributed by atoms with Gasteiger partial charge in [0.1, 0.15) is 24.4 Å². The molecule has 476 valence electrons. The lowest BCUT2D eigenvalue weighted by Crippen LogP contribution is -2.61. The van der Waals surface area contributed by atoms with Crippen molar-refractivity contribution in [2.45, 2.75) is 352 Å². The third-order valence-electron chi connectivity index (χ3n) is 15.9. The standard InChI is InChI=1S/C71H127NO10/c1-4-7-10-13-16-19-22-25-27-29-31-32-33-34-35-37-39-41-44-47-50-53-56-59-66(76)82-69-68(78)67(77)65(60-73)81-71(69)80-61-62(63(74)57-54-51-48-45-42-24-21-18-15-12-9-6-3)72-70(79)64(75)58-55-52-49-46-43-40-38-36-30-28-26-23-20-17-14-11-8-5-2/h8,11,17,20,26,28,36,38,43,46,54,57,62-65,67-69,71,73-75,77-78H,4-7,9-10,12-16,18-19,21-25,27,29-35,37,39-42,44-45,47-53,55-56,58-61H2,1-3H3,(H,72,79)/b11-8-,20-17-,28-26-,38-36-,46-43-,57-54+. The second-order valence-corrected chi connectivity index (χ2v) is 23.5.